The van der Waals surface area contributed by atoms with E-state index >= 15 is 0 Å². The third-order valence-corrected chi connectivity index (χ3v) is 4.99. The van der Waals surface area contributed by atoms with Crippen molar-refractivity contribution in [2.75, 3.05) is 13.6 Å². The summed E-state index contributed by atoms with van der Waals surface area (Å²) < 4.78 is 0. The molecule has 0 spiro atoms. The van der Waals surface area contributed by atoms with E-state index in [9.17, 15) is 9.59 Å². The molecule has 0 heterocycles. The third-order valence-electron chi connectivity index (χ3n) is 4.99. The number of hydrogen-bond donors (Lipinski definition) is 1. The van der Waals surface area contributed by atoms with Crippen molar-refractivity contribution in [1.29, 1.82) is 0 Å². The Kier molecular flexibility index (Phi) is 3.88. The van der Waals surface area contributed by atoms with E-state index in [4.69, 9.17) is 5.11 Å². The molecule has 0 radical (unpaired) electrons. The molecule has 1 amide bonds. The van der Waals surface area contributed by atoms with E-state index in [-0.39, 0.29) is 17.2 Å². The molecule has 1 N–H and O–H groups in total. The van der Waals surface area contributed by atoms with E-state index in [0.29, 0.717) is 5.92 Å². The highest BCUT2D eigenvalue weighted by Crippen LogP contribution is 2.59. The monoisotopic (exact) mass is 267 g/mol. The molecule has 0 aromatic rings. The zero-order valence-corrected chi connectivity index (χ0v) is 12.2. The summed E-state index contributed by atoms with van der Waals surface area (Å²) in [5, 5.41) is 9.14. The van der Waals surface area contributed by atoms with Crippen LogP contribution in [0, 0.1) is 23.2 Å². The zero-order valence-electron chi connectivity index (χ0n) is 12.2. The Hall–Kier alpha value is -1.06. The van der Waals surface area contributed by atoms with Gasteiger partial charge in [-0.15, -0.1) is 0 Å². The first-order valence-electron chi connectivity index (χ1n) is 7.33. The molecule has 108 valence electrons. The highest BCUT2D eigenvalue weighted by Gasteiger charge is 2.66. The van der Waals surface area contributed by atoms with Gasteiger partial charge in [0.2, 0.25) is 5.91 Å². The standard InChI is InChI=1S/C15H25NO3/c1-15(2)11(12(15)14(18)19)13(17)16(3)9-10-7-5-4-6-8-10/h10-12H,4-9H2,1-3H3,(H,18,19)/t11-,12+/m1/s1. The van der Waals surface area contributed by atoms with Crippen molar-refractivity contribution in [3.05, 3.63) is 0 Å². The number of hydrogen-bond acceptors (Lipinski definition) is 2. The Balaban J connectivity index is 1.91. The van der Waals surface area contributed by atoms with Gasteiger partial charge in [0.05, 0.1) is 11.8 Å². The van der Waals surface area contributed by atoms with Crippen molar-refractivity contribution in [2.45, 2.75) is 46.0 Å². The van der Waals surface area contributed by atoms with Gasteiger partial charge in [-0.2, -0.15) is 0 Å². The van der Waals surface area contributed by atoms with Crippen LogP contribution < -0.4 is 0 Å². The second-order valence-corrected chi connectivity index (χ2v) is 6.84. The predicted molar refractivity (Wildman–Crippen MR) is 72.6 cm³/mol. The topological polar surface area (TPSA) is 57.6 Å². The molecule has 19 heavy (non-hydrogen) atoms. The Labute approximate surface area is 115 Å². The summed E-state index contributed by atoms with van der Waals surface area (Å²) in [6.07, 6.45) is 6.24. The van der Waals surface area contributed by atoms with Crippen molar-refractivity contribution in [2.24, 2.45) is 23.2 Å². The largest absolute Gasteiger partial charge is 0.481 e. The number of aliphatic carboxylic acids is 1. The molecular formula is C15H25NO3. The fraction of sp³-hybridized carbons (Fsp3) is 0.867. The average Bonchev–Trinajstić information content (AvgIpc) is 2.92. The lowest BCUT2D eigenvalue weighted by Gasteiger charge is -2.27. The molecule has 2 atom stereocenters. The molecule has 0 aromatic heterocycles. The van der Waals surface area contributed by atoms with Crippen LogP contribution in [0.4, 0.5) is 0 Å². The van der Waals surface area contributed by atoms with E-state index in [2.05, 4.69) is 0 Å². The van der Waals surface area contributed by atoms with Crippen LogP contribution in [0.1, 0.15) is 46.0 Å². The van der Waals surface area contributed by atoms with Gasteiger partial charge in [-0.25, -0.2) is 0 Å². The summed E-state index contributed by atoms with van der Waals surface area (Å²) in [4.78, 5) is 25.3. The third kappa shape index (κ3) is 2.77. The number of rotatable bonds is 4. The molecule has 0 saturated heterocycles. The van der Waals surface area contributed by atoms with Crippen molar-refractivity contribution < 1.29 is 14.7 Å². The van der Waals surface area contributed by atoms with E-state index < -0.39 is 11.9 Å². The second-order valence-electron chi connectivity index (χ2n) is 6.84. The van der Waals surface area contributed by atoms with Crippen LogP contribution in [-0.4, -0.2) is 35.5 Å². The SMILES string of the molecule is CN(CC1CCCCC1)C(=O)[C@H]1[C@@H](C(=O)O)C1(C)C. The number of carboxylic acid groups (broad SMARTS) is 1. The van der Waals surface area contributed by atoms with Gasteiger partial charge in [0.25, 0.3) is 0 Å². The fourth-order valence-corrected chi connectivity index (χ4v) is 3.64. The van der Waals surface area contributed by atoms with Crippen molar-refractivity contribution >= 4 is 11.9 Å². The minimum Gasteiger partial charge on any atom is -0.481 e. The molecule has 2 fully saturated rings. The molecule has 0 bridgehead atoms. The van der Waals surface area contributed by atoms with Crippen LogP contribution in [0.25, 0.3) is 0 Å². The Bertz CT molecular complexity index is 372. The normalized spacial score (nSPS) is 29.8. The first kappa shape index (κ1) is 14.4. The van der Waals surface area contributed by atoms with Gasteiger partial charge >= 0.3 is 5.97 Å². The van der Waals surface area contributed by atoms with Crippen LogP contribution in [0.2, 0.25) is 0 Å². The molecule has 2 aliphatic rings. The average molecular weight is 267 g/mol. The van der Waals surface area contributed by atoms with Crippen LogP contribution in [0.5, 0.6) is 0 Å². The maximum atomic E-state index is 12.4. The quantitative estimate of drug-likeness (QED) is 0.850. The van der Waals surface area contributed by atoms with Crippen LogP contribution in [0.3, 0.4) is 0 Å². The summed E-state index contributed by atoms with van der Waals surface area (Å²) in [6, 6.07) is 0. The minimum atomic E-state index is -0.839. The number of carbonyl (C=O) groups excluding carboxylic acids is 1. The van der Waals surface area contributed by atoms with Gasteiger partial charge in [-0.3, -0.25) is 9.59 Å². The van der Waals surface area contributed by atoms with Crippen molar-refractivity contribution in [1.82, 2.24) is 4.90 Å². The summed E-state index contributed by atoms with van der Waals surface area (Å²) in [7, 11) is 1.82. The highest BCUT2D eigenvalue weighted by atomic mass is 16.4. The summed E-state index contributed by atoms with van der Waals surface area (Å²) in [5.41, 5.74) is -0.385. The fourth-order valence-electron chi connectivity index (χ4n) is 3.64. The molecule has 0 unspecified atom stereocenters. The molecule has 2 rings (SSSR count). The number of amides is 1. The predicted octanol–water partition coefficient (Wildman–Crippen LogP) is 2.38. The van der Waals surface area contributed by atoms with Gasteiger partial charge in [0.1, 0.15) is 0 Å². The molecule has 4 heteroatoms. The highest BCUT2D eigenvalue weighted by molar-refractivity contribution is 5.91. The van der Waals surface area contributed by atoms with Gasteiger partial charge < -0.3 is 10.0 Å². The molecule has 4 nitrogen and oxygen atoms in total. The number of carbonyl (C=O) groups is 2. The van der Waals surface area contributed by atoms with E-state index in [0.717, 1.165) is 6.54 Å². The van der Waals surface area contributed by atoms with Gasteiger partial charge in [0.15, 0.2) is 0 Å². The van der Waals surface area contributed by atoms with Gasteiger partial charge in [-0.1, -0.05) is 33.1 Å². The number of nitrogens with zero attached hydrogens (tertiary/aromatic N) is 1. The molecule has 0 aliphatic heterocycles. The summed E-state index contributed by atoms with van der Waals surface area (Å²) in [5.74, 6) is -1.06. The minimum absolute atomic E-state index is 0.0166. The Morgan fingerprint density at radius 2 is 1.74 bits per heavy atom. The summed E-state index contributed by atoms with van der Waals surface area (Å²) in [6.45, 7) is 4.54. The van der Waals surface area contributed by atoms with Gasteiger partial charge in [0, 0.05) is 13.6 Å². The first-order valence-corrected chi connectivity index (χ1v) is 7.33. The maximum absolute atomic E-state index is 12.4. The maximum Gasteiger partial charge on any atom is 0.307 e. The lowest BCUT2D eigenvalue weighted by atomic mass is 9.89. The van der Waals surface area contributed by atoms with Gasteiger partial charge in [-0.05, 0) is 24.2 Å². The van der Waals surface area contributed by atoms with Crippen LogP contribution in [0.15, 0.2) is 0 Å². The molecule has 2 saturated carbocycles. The van der Waals surface area contributed by atoms with E-state index in [1.165, 1.54) is 32.1 Å². The molecule has 2 aliphatic carbocycles. The zero-order chi connectivity index (χ0) is 14.2. The Morgan fingerprint density at radius 1 is 1.16 bits per heavy atom. The van der Waals surface area contributed by atoms with E-state index in [1.807, 2.05) is 20.9 Å². The van der Waals surface area contributed by atoms with E-state index in [1.54, 1.807) is 4.90 Å². The lowest BCUT2D eigenvalue weighted by molar-refractivity contribution is -0.141. The van der Waals surface area contributed by atoms with Crippen molar-refractivity contribution in [3.8, 4) is 0 Å². The van der Waals surface area contributed by atoms with Crippen LogP contribution in [-0.2, 0) is 9.59 Å². The Morgan fingerprint density at radius 3 is 2.21 bits per heavy atom. The first-order chi connectivity index (χ1) is 8.85. The molecule has 0 aromatic carbocycles. The second kappa shape index (κ2) is 5.14. The van der Waals surface area contributed by atoms with Crippen LogP contribution >= 0.6 is 0 Å². The molecular weight excluding hydrogens is 242 g/mol. The van der Waals surface area contributed by atoms with Crippen molar-refractivity contribution in [3.63, 3.8) is 0 Å². The smallest absolute Gasteiger partial charge is 0.307 e. The number of carboxylic acids is 1. The lowest BCUT2D eigenvalue weighted by Crippen LogP contribution is -2.35. The summed E-state index contributed by atoms with van der Waals surface area (Å²) >= 11 is 0.